The van der Waals surface area contributed by atoms with Crippen LogP contribution in [0.5, 0.6) is 0 Å². The molecule has 0 aromatic carbocycles. The summed E-state index contributed by atoms with van der Waals surface area (Å²) in [6, 6.07) is 0. The summed E-state index contributed by atoms with van der Waals surface area (Å²) in [5.74, 6) is 4.28. The van der Waals surface area contributed by atoms with Crippen LogP contribution in [0.3, 0.4) is 0 Å². The molecule has 2 heteroatoms. The van der Waals surface area contributed by atoms with Gasteiger partial charge in [0.25, 0.3) is 0 Å². The second-order valence-electron chi connectivity index (χ2n) is 8.04. The first kappa shape index (κ1) is 16.5. The van der Waals surface area contributed by atoms with Crippen LogP contribution in [0.1, 0.15) is 84.0 Å². The van der Waals surface area contributed by atoms with E-state index in [2.05, 4.69) is 6.92 Å². The molecule has 3 aliphatic rings. The molecule has 3 fully saturated rings. The van der Waals surface area contributed by atoms with E-state index in [0.29, 0.717) is 11.9 Å². The number of rotatable bonds is 4. The van der Waals surface area contributed by atoms with Gasteiger partial charge in [-0.2, -0.15) is 0 Å². The normalized spacial score (nSPS) is 38.1. The smallest absolute Gasteiger partial charge is 0.132 e. The molecule has 3 saturated carbocycles. The molecule has 0 N–H and O–H groups in total. The number of hydrogen-bond acceptors (Lipinski definition) is 2. The van der Waals surface area contributed by atoms with Gasteiger partial charge in [0, 0.05) is 19.4 Å². The van der Waals surface area contributed by atoms with Crippen molar-refractivity contribution >= 4 is 5.78 Å². The largest absolute Gasteiger partial charge is 0.379 e. The Morgan fingerprint density at radius 2 is 1.14 bits per heavy atom. The third kappa shape index (κ3) is 4.13. The molecule has 0 aromatic rings. The highest BCUT2D eigenvalue weighted by Gasteiger charge is 2.34. The molecule has 0 radical (unpaired) electrons. The van der Waals surface area contributed by atoms with Gasteiger partial charge in [-0.25, -0.2) is 0 Å². The quantitative estimate of drug-likeness (QED) is 0.718. The lowest BCUT2D eigenvalue weighted by Gasteiger charge is -2.40. The third-order valence-corrected chi connectivity index (χ3v) is 6.86. The van der Waals surface area contributed by atoms with Crippen LogP contribution in [0.25, 0.3) is 0 Å². The predicted molar refractivity (Wildman–Crippen MR) is 89.8 cm³/mol. The van der Waals surface area contributed by atoms with Gasteiger partial charge in [0.05, 0.1) is 6.10 Å². The SMILES string of the molecule is CCOC1CCC(C2CCC(C3CCC(=O)CC3)CC2)CC1. The van der Waals surface area contributed by atoms with Crippen molar-refractivity contribution in [2.24, 2.45) is 23.7 Å². The molecular weight excluding hydrogens is 272 g/mol. The minimum atomic E-state index is 0.510. The maximum absolute atomic E-state index is 11.4. The molecule has 0 amide bonds. The zero-order valence-electron chi connectivity index (χ0n) is 14.4. The van der Waals surface area contributed by atoms with Crippen molar-refractivity contribution in [2.75, 3.05) is 6.61 Å². The van der Waals surface area contributed by atoms with Gasteiger partial charge >= 0.3 is 0 Å². The number of hydrogen-bond donors (Lipinski definition) is 0. The standard InChI is InChI=1S/C20H34O2/c1-2-22-20-13-9-18(10-14-20)16-5-3-15(4-6-16)17-7-11-19(21)12-8-17/h15-18,20H,2-14H2,1H3. The second kappa shape index (κ2) is 7.95. The van der Waals surface area contributed by atoms with E-state index >= 15 is 0 Å². The predicted octanol–water partition coefficient (Wildman–Crippen LogP) is 5.15. The van der Waals surface area contributed by atoms with Gasteiger partial charge in [0.15, 0.2) is 0 Å². The zero-order chi connectivity index (χ0) is 15.4. The first-order chi connectivity index (χ1) is 10.8. The van der Waals surface area contributed by atoms with Gasteiger partial charge in [-0.1, -0.05) is 0 Å². The number of carbonyl (C=O) groups is 1. The van der Waals surface area contributed by atoms with Crippen molar-refractivity contribution < 1.29 is 9.53 Å². The molecule has 0 unspecified atom stereocenters. The first-order valence-electron chi connectivity index (χ1n) is 9.89. The Morgan fingerprint density at radius 1 is 0.727 bits per heavy atom. The van der Waals surface area contributed by atoms with Crippen molar-refractivity contribution in [1.82, 2.24) is 0 Å². The van der Waals surface area contributed by atoms with Gasteiger partial charge in [-0.05, 0) is 94.8 Å². The Balaban J connectivity index is 1.39. The van der Waals surface area contributed by atoms with Gasteiger partial charge in [0.1, 0.15) is 5.78 Å². The highest BCUT2D eigenvalue weighted by atomic mass is 16.5. The van der Waals surface area contributed by atoms with E-state index in [4.69, 9.17) is 4.74 Å². The van der Waals surface area contributed by atoms with Gasteiger partial charge in [-0.3, -0.25) is 4.79 Å². The summed E-state index contributed by atoms with van der Waals surface area (Å²) in [4.78, 5) is 11.4. The Labute approximate surface area is 136 Å². The number of Topliss-reactive ketones (excluding diaryl/α,β-unsaturated/α-hetero) is 1. The van der Waals surface area contributed by atoms with Crippen LogP contribution in [0.2, 0.25) is 0 Å². The Bertz CT molecular complexity index is 339. The average molecular weight is 306 g/mol. The molecule has 3 aliphatic carbocycles. The summed E-state index contributed by atoms with van der Waals surface area (Å²) in [7, 11) is 0. The Morgan fingerprint density at radius 3 is 1.59 bits per heavy atom. The van der Waals surface area contributed by atoms with Crippen LogP contribution in [-0.4, -0.2) is 18.5 Å². The number of ether oxygens (including phenoxy) is 1. The Kier molecular flexibility index (Phi) is 5.95. The topological polar surface area (TPSA) is 26.3 Å². The number of ketones is 1. The molecule has 22 heavy (non-hydrogen) atoms. The molecule has 126 valence electrons. The summed E-state index contributed by atoms with van der Waals surface area (Å²) in [6.07, 6.45) is 15.8. The second-order valence-corrected chi connectivity index (χ2v) is 8.04. The van der Waals surface area contributed by atoms with Crippen molar-refractivity contribution in [3.05, 3.63) is 0 Å². The van der Waals surface area contributed by atoms with Crippen LogP contribution >= 0.6 is 0 Å². The third-order valence-electron chi connectivity index (χ3n) is 6.86. The molecule has 0 aromatic heterocycles. The van der Waals surface area contributed by atoms with Crippen LogP contribution in [0, 0.1) is 23.7 Å². The molecule has 0 heterocycles. The zero-order valence-corrected chi connectivity index (χ0v) is 14.4. The van der Waals surface area contributed by atoms with E-state index < -0.39 is 0 Å². The van der Waals surface area contributed by atoms with Crippen LogP contribution in [0.4, 0.5) is 0 Å². The van der Waals surface area contributed by atoms with Crippen LogP contribution < -0.4 is 0 Å². The fraction of sp³-hybridized carbons (Fsp3) is 0.950. The van der Waals surface area contributed by atoms with E-state index in [1.54, 1.807) is 0 Å². The maximum atomic E-state index is 11.4. The molecule has 0 atom stereocenters. The van der Waals surface area contributed by atoms with Gasteiger partial charge in [-0.15, -0.1) is 0 Å². The highest BCUT2D eigenvalue weighted by Crippen LogP contribution is 2.44. The highest BCUT2D eigenvalue weighted by molar-refractivity contribution is 5.79. The molecular formula is C20H34O2. The van der Waals surface area contributed by atoms with E-state index in [-0.39, 0.29) is 0 Å². The number of carbonyl (C=O) groups excluding carboxylic acids is 1. The monoisotopic (exact) mass is 306 g/mol. The van der Waals surface area contributed by atoms with E-state index in [1.807, 2.05) is 0 Å². The molecule has 0 spiro atoms. The van der Waals surface area contributed by atoms with Crippen molar-refractivity contribution in [3.8, 4) is 0 Å². The lowest BCUT2D eigenvalue weighted by Crippen LogP contribution is -2.31. The fourth-order valence-corrected chi connectivity index (χ4v) is 5.48. The lowest BCUT2D eigenvalue weighted by molar-refractivity contribution is -0.121. The molecule has 3 rings (SSSR count). The molecule has 2 nitrogen and oxygen atoms in total. The molecule has 0 aliphatic heterocycles. The van der Waals surface area contributed by atoms with E-state index in [1.165, 1.54) is 64.2 Å². The van der Waals surface area contributed by atoms with Crippen molar-refractivity contribution in [3.63, 3.8) is 0 Å². The molecule has 0 bridgehead atoms. The fourth-order valence-electron chi connectivity index (χ4n) is 5.48. The average Bonchev–Trinajstić information content (AvgIpc) is 2.57. The summed E-state index contributed by atoms with van der Waals surface area (Å²) >= 11 is 0. The van der Waals surface area contributed by atoms with Crippen molar-refractivity contribution in [1.29, 1.82) is 0 Å². The van der Waals surface area contributed by atoms with Gasteiger partial charge < -0.3 is 4.74 Å². The Hall–Kier alpha value is -0.370. The minimum Gasteiger partial charge on any atom is -0.379 e. The maximum Gasteiger partial charge on any atom is 0.132 e. The van der Waals surface area contributed by atoms with E-state index in [9.17, 15) is 4.79 Å². The van der Waals surface area contributed by atoms with E-state index in [0.717, 1.165) is 43.1 Å². The van der Waals surface area contributed by atoms with Gasteiger partial charge in [0.2, 0.25) is 0 Å². The summed E-state index contributed by atoms with van der Waals surface area (Å²) in [5, 5.41) is 0. The van der Waals surface area contributed by atoms with Crippen LogP contribution in [-0.2, 0) is 9.53 Å². The van der Waals surface area contributed by atoms with Crippen molar-refractivity contribution in [2.45, 2.75) is 90.1 Å². The molecule has 0 saturated heterocycles. The lowest BCUT2D eigenvalue weighted by atomic mass is 9.66. The minimum absolute atomic E-state index is 0.510. The summed E-state index contributed by atoms with van der Waals surface area (Å²) in [5.41, 5.74) is 0. The summed E-state index contributed by atoms with van der Waals surface area (Å²) in [6.45, 7) is 3.00. The first-order valence-corrected chi connectivity index (χ1v) is 9.89. The summed E-state index contributed by atoms with van der Waals surface area (Å²) < 4.78 is 5.80. The van der Waals surface area contributed by atoms with Crippen LogP contribution in [0.15, 0.2) is 0 Å².